The maximum atomic E-state index is 5.77. The molecule has 3 nitrogen and oxygen atoms in total. The van der Waals surface area contributed by atoms with E-state index in [1.165, 1.54) is 45.4 Å². The first-order chi connectivity index (χ1) is 8.00. The highest BCUT2D eigenvalue weighted by molar-refractivity contribution is 4.88. The summed E-state index contributed by atoms with van der Waals surface area (Å²) < 4.78 is 0. The highest BCUT2D eigenvalue weighted by atomic mass is 15.2. The number of hydrogen-bond donors (Lipinski definition) is 1. The van der Waals surface area contributed by atoms with Gasteiger partial charge in [0.2, 0.25) is 0 Å². The van der Waals surface area contributed by atoms with Gasteiger partial charge < -0.3 is 5.73 Å². The predicted molar refractivity (Wildman–Crippen MR) is 73.1 cm³/mol. The van der Waals surface area contributed by atoms with Crippen LogP contribution in [-0.4, -0.2) is 54.1 Å². The Morgan fingerprint density at radius 3 is 2.18 bits per heavy atom. The van der Waals surface area contributed by atoms with Crippen molar-refractivity contribution < 1.29 is 0 Å². The minimum Gasteiger partial charge on any atom is -0.330 e. The summed E-state index contributed by atoms with van der Waals surface area (Å²) in [5.41, 5.74) is 6.11. The van der Waals surface area contributed by atoms with E-state index in [1.54, 1.807) is 0 Å². The van der Waals surface area contributed by atoms with E-state index in [1.807, 2.05) is 0 Å². The molecule has 0 bridgehead atoms. The Kier molecular flexibility index (Phi) is 4.11. The monoisotopic (exact) mass is 239 g/mol. The number of nitrogens with zero attached hydrogens (tertiary/aromatic N) is 2. The second kappa shape index (κ2) is 5.25. The van der Waals surface area contributed by atoms with E-state index in [-0.39, 0.29) is 0 Å². The molecular weight excluding hydrogens is 210 g/mol. The quantitative estimate of drug-likeness (QED) is 0.793. The van der Waals surface area contributed by atoms with Crippen LogP contribution in [0.2, 0.25) is 0 Å². The first-order valence-electron chi connectivity index (χ1n) is 7.20. The lowest BCUT2D eigenvalue weighted by Gasteiger charge is -2.43. The van der Waals surface area contributed by atoms with Crippen LogP contribution in [0.3, 0.4) is 0 Å². The molecule has 0 aromatic rings. The van der Waals surface area contributed by atoms with E-state index in [9.17, 15) is 0 Å². The zero-order valence-corrected chi connectivity index (χ0v) is 11.8. The van der Waals surface area contributed by atoms with Gasteiger partial charge in [-0.1, -0.05) is 0 Å². The van der Waals surface area contributed by atoms with Crippen LogP contribution in [0.5, 0.6) is 0 Å². The number of rotatable bonds is 2. The zero-order valence-electron chi connectivity index (χ0n) is 11.8. The molecule has 17 heavy (non-hydrogen) atoms. The van der Waals surface area contributed by atoms with Gasteiger partial charge in [0.25, 0.3) is 0 Å². The molecule has 2 aliphatic rings. The van der Waals surface area contributed by atoms with Crippen LogP contribution in [0.1, 0.15) is 40.0 Å². The second-order valence-corrected chi connectivity index (χ2v) is 6.77. The Bertz CT molecular complexity index is 238. The summed E-state index contributed by atoms with van der Waals surface area (Å²) in [5.74, 6) is 0.760. The molecule has 0 aromatic carbocycles. The Balaban J connectivity index is 1.80. The third-order valence-electron chi connectivity index (χ3n) is 4.58. The molecular formula is C14H29N3. The first-order valence-corrected chi connectivity index (χ1v) is 7.20. The zero-order chi connectivity index (χ0) is 12.5. The molecule has 2 aliphatic heterocycles. The Labute approximate surface area is 106 Å². The van der Waals surface area contributed by atoms with Gasteiger partial charge in [-0.25, -0.2) is 0 Å². The summed E-state index contributed by atoms with van der Waals surface area (Å²) in [5, 5.41) is 0. The minimum absolute atomic E-state index is 0.343. The maximum Gasteiger partial charge on any atom is 0.0125 e. The van der Waals surface area contributed by atoms with Crippen molar-refractivity contribution in [3.8, 4) is 0 Å². The molecule has 2 saturated heterocycles. The van der Waals surface area contributed by atoms with E-state index in [4.69, 9.17) is 5.73 Å². The van der Waals surface area contributed by atoms with Crippen molar-refractivity contribution in [2.45, 2.75) is 51.6 Å². The molecule has 1 atom stereocenters. The minimum atomic E-state index is 0.343. The molecule has 2 heterocycles. The van der Waals surface area contributed by atoms with Crippen LogP contribution in [0.25, 0.3) is 0 Å². The smallest absolute Gasteiger partial charge is 0.0125 e. The van der Waals surface area contributed by atoms with Gasteiger partial charge in [-0.15, -0.1) is 0 Å². The normalized spacial score (nSPS) is 30.0. The van der Waals surface area contributed by atoms with Crippen LogP contribution in [0.4, 0.5) is 0 Å². The molecule has 2 fully saturated rings. The average molecular weight is 239 g/mol. The van der Waals surface area contributed by atoms with E-state index in [0.29, 0.717) is 5.54 Å². The molecule has 3 heteroatoms. The molecule has 0 aliphatic carbocycles. The molecule has 0 saturated carbocycles. The third kappa shape index (κ3) is 3.21. The van der Waals surface area contributed by atoms with Gasteiger partial charge in [-0.05, 0) is 59.0 Å². The van der Waals surface area contributed by atoms with E-state index >= 15 is 0 Å². The van der Waals surface area contributed by atoms with Gasteiger partial charge in [0.05, 0.1) is 0 Å². The molecule has 0 aromatic heterocycles. The lowest BCUT2D eigenvalue weighted by atomic mass is 9.97. The summed E-state index contributed by atoms with van der Waals surface area (Å²) >= 11 is 0. The van der Waals surface area contributed by atoms with Crippen molar-refractivity contribution in [1.29, 1.82) is 0 Å². The molecule has 0 spiro atoms. The van der Waals surface area contributed by atoms with E-state index < -0.39 is 0 Å². The average Bonchev–Trinajstić information content (AvgIpc) is 2.76. The molecule has 2 rings (SSSR count). The van der Waals surface area contributed by atoms with Gasteiger partial charge in [-0.2, -0.15) is 0 Å². The van der Waals surface area contributed by atoms with Crippen molar-refractivity contribution in [2.75, 3.05) is 32.7 Å². The lowest BCUT2D eigenvalue weighted by molar-refractivity contribution is 0.0637. The van der Waals surface area contributed by atoms with Gasteiger partial charge >= 0.3 is 0 Å². The number of hydrogen-bond acceptors (Lipinski definition) is 3. The molecule has 0 amide bonds. The number of likely N-dealkylation sites (tertiary alicyclic amines) is 2. The topological polar surface area (TPSA) is 32.5 Å². The van der Waals surface area contributed by atoms with Crippen molar-refractivity contribution in [3.63, 3.8) is 0 Å². The van der Waals surface area contributed by atoms with Crippen LogP contribution < -0.4 is 5.73 Å². The highest BCUT2D eigenvalue weighted by Crippen LogP contribution is 2.26. The van der Waals surface area contributed by atoms with Crippen LogP contribution in [0, 0.1) is 5.92 Å². The van der Waals surface area contributed by atoms with Crippen molar-refractivity contribution in [1.82, 2.24) is 9.80 Å². The third-order valence-corrected chi connectivity index (χ3v) is 4.58. The summed E-state index contributed by atoms with van der Waals surface area (Å²) in [4.78, 5) is 5.32. The van der Waals surface area contributed by atoms with Crippen molar-refractivity contribution >= 4 is 0 Å². The van der Waals surface area contributed by atoms with Crippen molar-refractivity contribution in [3.05, 3.63) is 0 Å². The standard InChI is InChI=1S/C14H29N3/c1-14(2,3)17-8-5-13(6-9-17)16-7-4-12(10-15)11-16/h12-13H,4-11,15H2,1-3H3. The summed E-state index contributed by atoms with van der Waals surface area (Å²) in [6, 6.07) is 0.824. The molecule has 100 valence electrons. The largest absolute Gasteiger partial charge is 0.330 e. The predicted octanol–water partition coefficient (Wildman–Crippen LogP) is 1.53. The first kappa shape index (κ1) is 13.3. The van der Waals surface area contributed by atoms with Crippen molar-refractivity contribution in [2.24, 2.45) is 11.7 Å². The Hall–Kier alpha value is -0.120. The Morgan fingerprint density at radius 2 is 1.71 bits per heavy atom. The maximum absolute atomic E-state index is 5.77. The molecule has 2 N–H and O–H groups in total. The molecule has 1 unspecified atom stereocenters. The fourth-order valence-electron chi connectivity index (χ4n) is 3.29. The van der Waals surface area contributed by atoms with Crippen LogP contribution >= 0.6 is 0 Å². The van der Waals surface area contributed by atoms with Gasteiger partial charge in [0.15, 0.2) is 0 Å². The summed E-state index contributed by atoms with van der Waals surface area (Å²) in [6.45, 7) is 12.9. The van der Waals surface area contributed by atoms with Gasteiger partial charge in [0.1, 0.15) is 0 Å². The van der Waals surface area contributed by atoms with E-state index in [0.717, 1.165) is 18.5 Å². The van der Waals surface area contributed by atoms with Crippen LogP contribution in [0.15, 0.2) is 0 Å². The molecule has 0 radical (unpaired) electrons. The SMILES string of the molecule is CC(C)(C)N1CCC(N2CCC(CN)C2)CC1. The number of nitrogens with two attached hydrogens (primary N) is 1. The second-order valence-electron chi connectivity index (χ2n) is 6.77. The summed E-state index contributed by atoms with van der Waals surface area (Å²) in [6.07, 6.45) is 4.00. The fraction of sp³-hybridized carbons (Fsp3) is 1.00. The number of piperidine rings is 1. The fourth-order valence-corrected chi connectivity index (χ4v) is 3.29. The van der Waals surface area contributed by atoms with Crippen LogP contribution in [-0.2, 0) is 0 Å². The van der Waals surface area contributed by atoms with E-state index in [2.05, 4.69) is 30.6 Å². The summed E-state index contributed by atoms with van der Waals surface area (Å²) in [7, 11) is 0. The van der Waals surface area contributed by atoms with Gasteiger partial charge in [-0.3, -0.25) is 9.80 Å². The highest BCUT2D eigenvalue weighted by Gasteiger charge is 2.32. The Morgan fingerprint density at radius 1 is 1.06 bits per heavy atom. The van der Waals surface area contributed by atoms with Gasteiger partial charge in [0, 0.05) is 31.2 Å². The lowest BCUT2D eigenvalue weighted by Crippen LogP contribution is -2.50.